The lowest BCUT2D eigenvalue weighted by molar-refractivity contribution is -0.313. The van der Waals surface area contributed by atoms with Gasteiger partial charge in [-0.1, -0.05) is 42.5 Å². The Balaban J connectivity index is 1.53. The monoisotopic (exact) mass is 638 g/mol. The van der Waals surface area contributed by atoms with E-state index in [4.69, 9.17) is 37.9 Å². The van der Waals surface area contributed by atoms with Crippen molar-refractivity contribution in [1.29, 1.82) is 0 Å². The topological polar surface area (TPSA) is 152 Å². The Morgan fingerprint density at radius 2 is 1.70 bits per heavy atom. The molecule has 3 aromatic carbocycles. The third-order valence-electron chi connectivity index (χ3n) is 9.12. The van der Waals surface area contributed by atoms with Gasteiger partial charge >= 0.3 is 5.97 Å². The number of aliphatic hydroxyl groups is 3. The van der Waals surface area contributed by atoms with Crippen LogP contribution in [0.2, 0.25) is 0 Å². The van der Waals surface area contributed by atoms with Gasteiger partial charge in [-0.05, 0) is 29.7 Å². The summed E-state index contributed by atoms with van der Waals surface area (Å²) in [6, 6.07) is 19.1. The first kappa shape index (κ1) is 32.0. The molecule has 6 rings (SSSR count). The van der Waals surface area contributed by atoms with Crippen LogP contribution in [0.5, 0.6) is 23.0 Å². The predicted octanol–water partition coefficient (Wildman–Crippen LogP) is 2.60. The molecule has 12 heteroatoms. The van der Waals surface area contributed by atoms with E-state index in [-0.39, 0.29) is 36.0 Å². The molecule has 1 aliphatic carbocycles. The summed E-state index contributed by atoms with van der Waals surface area (Å²) in [6.07, 6.45) is -3.66. The van der Waals surface area contributed by atoms with E-state index in [1.807, 2.05) is 30.3 Å². The fourth-order valence-corrected chi connectivity index (χ4v) is 7.12. The largest absolute Gasteiger partial charge is 0.497 e. The Bertz CT molecular complexity index is 1530. The Hall–Kier alpha value is -3.91. The van der Waals surface area contributed by atoms with Crippen LogP contribution in [0, 0.1) is 5.92 Å². The van der Waals surface area contributed by atoms with Crippen LogP contribution in [0.1, 0.15) is 29.0 Å². The molecule has 0 amide bonds. The number of esters is 1. The van der Waals surface area contributed by atoms with Crippen molar-refractivity contribution in [2.75, 3.05) is 41.7 Å². The molecular formula is C34H38O12. The minimum Gasteiger partial charge on any atom is -0.497 e. The van der Waals surface area contributed by atoms with E-state index < -0.39 is 53.8 Å². The maximum Gasteiger partial charge on any atom is 0.312 e. The smallest absolute Gasteiger partial charge is 0.312 e. The number of hydrogen-bond donors (Lipinski definition) is 3. The number of benzene rings is 3. The predicted molar refractivity (Wildman–Crippen MR) is 161 cm³/mol. The van der Waals surface area contributed by atoms with E-state index in [1.165, 1.54) is 27.4 Å². The normalized spacial score (nSPS) is 31.4. The summed E-state index contributed by atoms with van der Waals surface area (Å²) in [5.74, 6) is -1.77. The fourth-order valence-electron chi connectivity index (χ4n) is 7.12. The maximum absolute atomic E-state index is 13.5. The van der Waals surface area contributed by atoms with Gasteiger partial charge in [-0.2, -0.15) is 0 Å². The highest BCUT2D eigenvalue weighted by molar-refractivity contribution is 5.78. The van der Waals surface area contributed by atoms with Crippen molar-refractivity contribution >= 4 is 5.97 Å². The molecule has 46 heavy (non-hydrogen) atoms. The number of aliphatic hydroxyl groups excluding tert-OH is 2. The van der Waals surface area contributed by atoms with Crippen molar-refractivity contribution in [2.45, 2.75) is 48.3 Å². The molecule has 2 fully saturated rings. The number of fused-ring (bicyclic) bond motifs is 3. The second-order valence-corrected chi connectivity index (χ2v) is 11.4. The third-order valence-corrected chi connectivity index (χ3v) is 9.12. The highest BCUT2D eigenvalue weighted by atomic mass is 16.8. The minimum atomic E-state index is -2.22. The lowest BCUT2D eigenvalue weighted by Crippen LogP contribution is -2.52. The van der Waals surface area contributed by atoms with Crippen molar-refractivity contribution in [3.05, 3.63) is 83.4 Å². The van der Waals surface area contributed by atoms with Crippen LogP contribution in [-0.2, 0) is 34.9 Å². The highest BCUT2D eigenvalue weighted by Gasteiger charge is 2.78. The van der Waals surface area contributed by atoms with Crippen molar-refractivity contribution in [1.82, 2.24) is 0 Å². The van der Waals surface area contributed by atoms with Gasteiger partial charge in [0.2, 0.25) is 6.29 Å². The molecule has 1 saturated heterocycles. The molecule has 0 bridgehead atoms. The van der Waals surface area contributed by atoms with Crippen LogP contribution in [-0.4, -0.2) is 87.7 Å². The number of rotatable bonds is 10. The van der Waals surface area contributed by atoms with E-state index in [2.05, 4.69) is 0 Å². The van der Waals surface area contributed by atoms with E-state index in [9.17, 15) is 20.1 Å². The summed E-state index contributed by atoms with van der Waals surface area (Å²) in [6.45, 7) is 0.121. The zero-order valence-corrected chi connectivity index (χ0v) is 26.0. The third kappa shape index (κ3) is 4.88. The Labute approximate surface area is 266 Å². The Morgan fingerprint density at radius 1 is 0.957 bits per heavy atom. The molecule has 3 N–H and O–H groups in total. The van der Waals surface area contributed by atoms with E-state index in [0.717, 1.165) is 0 Å². The van der Waals surface area contributed by atoms with Crippen LogP contribution in [0.4, 0.5) is 0 Å². The molecule has 2 heterocycles. The average Bonchev–Trinajstić information content (AvgIpc) is 3.46. The zero-order valence-electron chi connectivity index (χ0n) is 26.0. The molecule has 2 aliphatic heterocycles. The Kier molecular flexibility index (Phi) is 8.85. The van der Waals surface area contributed by atoms with E-state index >= 15 is 0 Å². The van der Waals surface area contributed by atoms with Crippen LogP contribution in [0.15, 0.2) is 66.7 Å². The van der Waals surface area contributed by atoms with Gasteiger partial charge in [-0.25, -0.2) is 0 Å². The van der Waals surface area contributed by atoms with Gasteiger partial charge < -0.3 is 53.2 Å². The van der Waals surface area contributed by atoms with Gasteiger partial charge in [0.25, 0.3) is 6.29 Å². The van der Waals surface area contributed by atoms with Gasteiger partial charge in [0.1, 0.15) is 29.1 Å². The molecule has 3 aliphatic rings. The molecule has 0 spiro atoms. The molecule has 8 atom stereocenters. The lowest BCUT2D eigenvalue weighted by atomic mass is 9.70. The summed E-state index contributed by atoms with van der Waals surface area (Å²) in [5.41, 5.74) is -2.71. The van der Waals surface area contributed by atoms with E-state index in [0.29, 0.717) is 23.3 Å². The van der Waals surface area contributed by atoms with E-state index in [1.54, 1.807) is 37.4 Å². The number of hydrogen-bond acceptors (Lipinski definition) is 12. The highest BCUT2D eigenvalue weighted by Crippen LogP contribution is 2.70. The summed E-state index contributed by atoms with van der Waals surface area (Å²) >= 11 is 0. The number of carbonyl (C=O) groups excluding carboxylic acids is 1. The second kappa shape index (κ2) is 12.7. The lowest BCUT2D eigenvalue weighted by Gasteiger charge is -2.40. The first-order valence-corrected chi connectivity index (χ1v) is 14.9. The fraction of sp³-hybridized carbons (Fsp3) is 0.441. The van der Waals surface area contributed by atoms with Gasteiger partial charge in [-0.3, -0.25) is 4.79 Å². The van der Waals surface area contributed by atoms with Crippen LogP contribution < -0.4 is 18.9 Å². The molecule has 0 unspecified atom stereocenters. The van der Waals surface area contributed by atoms with Gasteiger partial charge in [-0.15, -0.1) is 0 Å². The van der Waals surface area contributed by atoms with Crippen molar-refractivity contribution in [3.8, 4) is 23.0 Å². The number of carbonyl (C=O) groups is 1. The summed E-state index contributed by atoms with van der Waals surface area (Å²) < 4.78 is 46.6. The maximum atomic E-state index is 13.5. The van der Waals surface area contributed by atoms with Gasteiger partial charge in [0.15, 0.2) is 11.2 Å². The number of ether oxygens (including phenoxy) is 8. The van der Waals surface area contributed by atoms with Crippen molar-refractivity contribution in [3.63, 3.8) is 0 Å². The van der Waals surface area contributed by atoms with Crippen LogP contribution in [0.3, 0.4) is 0 Å². The van der Waals surface area contributed by atoms with Gasteiger partial charge in [0, 0.05) is 31.8 Å². The molecule has 0 radical (unpaired) electrons. The van der Waals surface area contributed by atoms with Crippen LogP contribution >= 0.6 is 0 Å². The second-order valence-electron chi connectivity index (χ2n) is 11.4. The SMILES string of the molecule is COC(=O)[C@H]1[C@@H](O)[C@@]2(O)c3c(OC)cc(O[C@H]4O[C@@H](CCO)CO[C@@H]4OC)cc3O[C@@]2(c2ccc(OC)cc2)[C@@H]1c1ccccc1. The molecule has 1 saturated carbocycles. The van der Waals surface area contributed by atoms with Gasteiger partial charge in [0.05, 0.1) is 45.5 Å². The summed E-state index contributed by atoms with van der Waals surface area (Å²) in [7, 11) is 5.66. The zero-order chi connectivity index (χ0) is 32.6. The first-order chi connectivity index (χ1) is 22.3. The standard InChI is InChI=1S/C34H38O12/c1-39-21-12-10-20(11-13-21)34-27(19-8-6-5-7-9-19)26(30(37)41-3)29(36)33(34,38)28-24(40-2)16-23(17-25(28)46-34)45-32-31(42-4)43-18-22(44-32)14-15-35/h5-13,16-17,22,26-27,29,31-32,35-36,38H,14-15,18H2,1-4H3/t22-,26+,27+,29+,31-,32+,33-,34-/m0/s1. The molecule has 246 valence electrons. The molecule has 0 aromatic heterocycles. The van der Waals surface area contributed by atoms with Crippen LogP contribution in [0.25, 0.3) is 0 Å². The summed E-state index contributed by atoms with van der Waals surface area (Å²) in [4.78, 5) is 13.5. The molecule has 3 aromatic rings. The average molecular weight is 639 g/mol. The minimum absolute atomic E-state index is 0.0948. The Morgan fingerprint density at radius 3 is 2.33 bits per heavy atom. The molecular weight excluding hydrogens is 600 g/mol. The van der Waals surface area contributed by atoms with Crippen molar-refractivity contribution in [2.24, 2.45) is 5.92 Å². The summed E-state index contributed by atoms with van der Waals surface area (Å²) in [5, 5.41) is 34.5. The first-order valence-electron chi connectivity index (χ1n) is 14.9. The molecule has 12 nitrogen and oxygen atoms in total. The van der Waals surface area contributed by atoms with Crippen molar-refractivity contribution < 1.29 is 58.0 Å². The quantitative estimate of drug-likeness (QED) is 0.280. The number of methoxy groups -OCH3 is 4.